The fraction of sp³-hybridized carbons (Fsp3) is 0.300. The maximum Gasteiger partial charge on any atom is 0.228 e. The van der Waals surface area contributed by atoms with Crippen LogP contribution in [0.3, 0.4) is 0 Å². The molecule has 0 radical (unpaired) electrons. The Kier molecular flexibility index (Phi) is 4.24. The van der Waals surface area contributed by atoms with E-state index in [0.29, 0.717) is 17.4 Å². The number of aromatic nitrogens is 4. The Balaban J connectivity index is 1.72. The van der Waals surface area contributed by atoms with E-state index >= 15 is 0 Å². The van der Waals surface area contributed by atoms with Crippen molar-refractivity contribution in [3.8, 4) is 11.8 Å². The molecule has 3 aromatic heterocycles. The predicted octanol–water partition coefficient (Wildman–Crippen LogP) is 2.40. The van der Waals surface area contributed by atoms with Gasteiger partial charge in [-0.3, -0.25) is 4.79 Å². The molecular weight excluding hydrogens is 340 g/mol. The van der Waals surface area contributed by atoms with E-state index in [4.69, 9.17) is 0 Å². The fourth-order valence-electron chi connectivity index (χ4n) is 3.02. The molecule has 3 aromatic rings. The van der Waals surface area contributed by atoms with Crippen molar-refractivity contribution < 1.29 is 4.79 Å². The first-order valence-electron chi connectivity index (χ1n) is 8.82. The number of hydrogen-bond donors (Lipinski definition) is 2. The number of rotatable bonds is 3. The first kappa shape index (κ1) is 17.0. The van der Waals surface area contributed by atoms with Crippen LogP contribution in [0.2, 0.25) is 0 Å². The number of hydrogen-bond acceptors (Lipinski definition) is 5. The summed E-state index contributed by atoms with van der Waals surface area (Å²) >= 11 is 0. The number of nitrogens with one attached hydrogen (secondary N) is 2. The average Bonchev–Trinajstić information content (AvgIpc) is 3.26. The van der Waals surface area contributed by atoms with Crippen LogP contribution in [-0.2, 0) is 11.8 Å². The zero-order valence-electron chi connectivity index (χ0n) is 15.4. The van der Waals surface area contributed by atoms with Gasteiger partial charge in [-0.15, -0.1) is 0 Å². The van der Waals surface area contributed by atoms with Gasteiger partial charge in [0.1, 0.15) is 17.3 Å². The van der Waals surface area contributed by atoms with Crippen molar-refractivity contribution in [2.24, 2.45) is 18.9 Å². The third-order valence-corrected chi connectivity index (χ3v) is 4.74. The van der Waals surface area contributed by atoms with Crippen LogP contribution in [0.15, 0.2) is 31.0 Å². The molecule has 3 heterocycles. The Bertz CT molecular complexity index is 1090. The SMILES string of the molecule is CNc1ncc(C#Cc2cn(C)cn2)c2cc(NC(=O)C3C[C@H]3C)ncc12. The summed E-state index contributed by atoms with van der Waals surface area (Å²) in [5.74, 6) is 8.01. The summed E-state index contributed by atoms with van der Waals surface area (Å²) in [6, 6.07) is 1.85. The Morgan fingerprint density at radius 3 is 2.70 bits per heavy atom. The van der Waals surface area contributed by atoms with E-state index in [0.717, 1.165) is 28.6 Å². The highest BCUT2D eigenvalue weighted by atomic mass is 16.2. The highest BCUT2D eigenvalue weighted by Crippen LogP contribution is 2.38. The van der Waals surface area contributed by atoms with Gasteiger partial charge in [0.2, 0.25) is 5.91 Å². The van der Waals surface area contributed by atoms with Gasteiger partial charge in [0, 0.05) is 49.4 Å². The van der Waals surface area contributed by atoms with Crippen LogP contribution in [0.4, 0.5) is 11.6 Å². The third-order valence-electron chi connectivity index (χ3n) is 4.74. The lowest BCUT2D eigenvalue weighted by atomic mass is 10.1. The molecule has 0 aromatic carbocycles. The lowest BCUT2D eigenvalue weighted by Crippen LogP contribution is -2.15. The molecule has 0 bridgehead atoms. The summed E-state index contributed by atoms with van der Waals surface area (Å²) < 4.78 is 1.85. The number of fused-ring (bicyclic) bond motifs is 1. The lowest BCUT2D eigenvalue weighted by Gasteiger charge is -2.09. The number of carbonyl (C=O) groups is 1. The molecule has 27 heavy (non-hydrogen) atoms. The second-order valence-electron chi connectivity index (χ2n) is 6.87. The summed E-state index contributed by atoms with van der Waals surface area (Å²) in [6.45, 7) is 2.08. The van der Waals surface area contributed by atoms with Crippen molar-refractivity contribution >= 4 is 28.3 Å². The van der Waals surface area contributed by atoms with Crippen molar-refractivity contribution in [1.29, 1.82) is 0 Å². The van der Waals surface area contributed by atoms with Gasteiger partial charge in [0.25, 0.3) is 0 Å². The lowest BCUT2D eigenvalue weighted by molar-refractivity contribution is -0.117. The molecule has 0 spiro atoms. The topological polar surface area (TPSA) is 84.7 Å². The van der Waals surface area contributed by atoms with Gasteiger partial charge >= 0.3 is 0 Å². The van der Waals surface area contributed by atoms with Crippen LogP contribution < -0.4 is 10.6 Å². The zero-order valence-corrected chi connectivity index (χ0v) is 15.4. The van der Waals surface area contributed by atoms with Gasteiger partial charge in [0.05, 0.1) is 11.9 Å². The van der Waals surface area contributed by atoms with E-state index in [1.807, 2.05) is 30.9 Å². The highest BCUT2D eigenvalue weighted by Gasteiger charge is 2.39. The number of aryl methyl sites for hydroxylation is 1. The maximum atomic E-state index is 12.2. The summed E-state index contributed by atoms with van der Waals surface area (Å²) in [6.07, 6.45) is 7.94. The second-order valence-corrected chi connectivity index (χ2v) is 6.87. The molecule has 2 atom stereocenters. The molecule has 2 N–H and O–H groups in total. The Morgan fingerprint density at radius 1 is 1.22 bits per heavy atom. The molecule has 4 rings (SSSR count). The average molecular weight is 360 g/mol. The predicted molar refractivity (Wildman–Crippen MR) is 104 cm³/mol. The van der Waals surface area contributed by atoms with Crippen molar-refractivity contribution in [3.63, 3.8) is 0 Å². The Hall–Kier alpha value is -3.40. The molecule has 0 saturated heterocycles. The molecular formula is C20H20N6O. The van der Waals surface area contributed by atoms with E-state index < -0.39 is 0 Å². The minimum atomic E-state index is 0.0263. The molecule has 1 aliphatic rings. The van der Waals surface area contributed by atoms with Crippen LogP contribution in [0.5, 0.6) is 0 Å². The largest absolute Gasteiger partial charge is 0.373 e. The van der Waals surface area contributed by atoms with E-state index in [2.05, 4.69) is 44.4 Å². The van der Waals surface area contributed by atoms with E-state index in [1.54, 1.807) is 18.7 Å². The molecule has 1 saturated carbocycles. The standard InChI is InChI=1S/C20H20N6O/c1-12-6-15(12)20(27)25-18-7-16-13(4-5-14-10-26(3)11-24-14)8-23-19(21-2)17(16)9-22-18/h7-12,15H,6H2,1-3H3,(H,21,23)(H,22,25,27)/t12-,15?/m1/s1. The minimum absolute atomic E-state index is 0.0263. The summed E-state index contributed by atoms with van der Waals surface area (Å²) in [5.41, 5.74) is 1.45. The quantitative estimate of drug-likeness (QED) is 0.701. The van der Waals surface area contributed by atoms with Crippen molar-refractivity contribution in [2.45, 2.75) is 13.3 Å². The van der Waals surface area contributed by atoms with Crippen LogP contribution >= 0.6 is 0 Å². The highest BCUT2D eigenvalue weighted by molar-refractivity contribution is 5.99. The van der Waals surface area contributed by atoms with Gasteiger partial charge < -0.3 is 15.2 Å². The van der Waals surface area contributed by atoms with Gasteiger partial charge in [-0.2, -0.15) is 0 Å². The number of pyridine rings is 2. The van der Waals surface area contributed by atoms with Gasteiger partial charge in [-0.1, -0.05) is 12.8 Å². The van der Waals surface area contributed by atoms with Crippen LogP contribution in [0.25, 0.3) is 10.8 Å². The summed E-state index contributed by atoms with van der Waals surface area (Å²) in [7, 11) is 3.71. The zero-order chi connectivity index (χ0) is 19.0. The molecule has 0 aliphatic heterocycles. The van der Waals surface area contributed by atoms with Crippen LogP contribution in [0.1, 0.15) is 24.6 Å². The van der Waals surface area contributed by atoms with E-state index in [-0.39, 0.29) is 11.8 Å². The molecule has 136 valence electrons. The number of amides is 1. The molecule has 7 nitrogen and oxygen atoms in total. The number of anilines is 2. The first-order valence-corrected chi connectivity index (χ1v) is 8.82. The van der Waals surface area contributed by atoms with Crippen molar-refractivity contribution in [1.82, 2.24) is 19.5 Å². The molecule has 1 fully saturated rings. The smallest absolute Gasteiger partial charge is 0.228 e. The van der Waals surface area contributed by atoms with Gasteiger partial charge in [-0.25, -0.2) is 15.0 Å². The number of imidazole rings is 1. The van der Waals surface area contributed by atoms with Gasteiger partial charge in [0.15, 0.2) is 0 Å². The fourth-order valence-corrected chi connectivity index (χ4v) is 3.02. The van der Waals surface area contributed by atoms with Crippen molar-refractivity contribution in [3.05, 3.63) is 42.2 Å². The Labute approximate surface area is 157 Å². The third kappa shape index (κ3) is 3.47. The normalized spacial score (nSPS) is 17.9. The maximum absolute atomic E-state index is 12.2. The number of carbonyl (C=O) groups excluding carboxylic acids is 1. The second kappa shape index (κ2) is 6.72. The van der Waals surface area contributed by atoms with E-state index in [9.17, 15) is 4.79 Å². The van der Waals surface area contributed by atoms with Crippen LogP contribution in [0, 0.1) is 23.7 Å². The van der Waals surface area contributed by atoms with E-state index in [1.165, 1.54) is 0 Å². The molecule has 7 heteroatoms. The number of nitrogens with zero attached hydrogens (tertiary/aromatic N) is 4. The monoisotopic (exact) mass is 360 g/mol. The summed E-state index contributed by atoms with van der Waals surface area (Å²) in [5, 5.41) is 7.71. The Morgan fingerprint density at radius 2 is 2.04 bits per heavy atom. The molecule has 1 unspecified atom stereocenters. The van der Waals surface area contributed by atoms with Crippen LogP contribution in [-0.4, -0.2) is 32.5 Å². The summed E-state index contributed by atoms with van der Waals surface area (Å²) in [4.78, 5) is 25.2. The van der Waals surface area contributed by atoms with Gasteiger partial charge in [-0.05, 0) is 24.3 Å². The molecule has 1 aliphatic carbocycles. The first-order chi connectivity index (χ1) is 13.0. The molecule has 1 amide bonds. The minimum Gasteiger partial charge on any atom is -0.373 e. The van der Waals surface area contributed by atoms with Crippen molar-refractivity contribution in [2.75, 3.05) is 17.7 Å².